The van der Waals surface area contributed by atoms with Crippen LogP contribution in [0.3, 0.4) is 0 Å². The van der Waals surface area contributed by atoms with Gasteiger partial charge in [-0.15, -0.1) is 0 Å². The fraction of sp³-hybridized carbons (Fsp3) is 0.263. The van der Waals surface area contributed by atoms with E-state index in [4.69, 9.17) is 18.9 Å². The second kappa shape index (κ2) is 8.15. The fourth-order valence-electron chi connectivity index (χ4n) is 2.51. The van der Waals surface area contributed by atoms with Crippen LogP contribution < -0.4 is 18.9 Å². The molecular formula is C19H22O5. The minimum atomic E-state index is -0.0590. The molecule has 5 nitrogen and oxygen atoms in total. The maximum absolute atomic E-state index is 10.5. The van der Waals surface area contributed by atoms with Crippen LogP contribution in [-0.2, 0) is 6.42 Å². The number of benzene rings is 2. The number of rotatable bonds is 7. The highest BCUT2D eigenvalue weighted by Gasteiger charge is 2.26. The molecule has 5 heteroatoms. The van der Waals surface area contributed by atoms with Crippen molar-refractivity contribution in [3.05, 3.63) is 47.5 Å². The summed E-state index contributed by atoms with van der Waals surface area (Å²) in [6.07, 6.45) is 4.45. The van der Waals surface area contributed by atoms with Crippen molar-refractivity contribution in [2.75, 3.05) is 28.4 Å². The molecule has 0 unspecified atom stereocenters. The maximum atomic E-state index is 10.5. The largest absolute Gasteiger partial charge is 0.504 e. The van der Waals surface area contributed by atoms with Crippen molar-refractivity contribution in [2.45, 2.75) is 6.42 Å². The van der Waals surface area contributed by atoms with Crippen molar-refractivity contribution < 1.29 is 24.1 Å². The van der Waals surface area contributed by atoms with Crippen LogP contribution in [0.1, 0.15) is 11.1 Å². The molecular weight excluding hydrogens is 308 g/mol. The predicted octanol–water partition coefficient (Wildman–Crippen LogP) is 3.68. The molecule has 1 N–H and O–H groups in total. The lowest BCUT2D eigenvalue weighted by atomic mass is 10.1. The van der Waals surface area contributed by atoms with E-state index in [0.717, 1.165) is 6.42 Å². The maximum Gasteiger partial charge on any atom is 0.211 e. The van der Waals surface area contributed by atoms with Crippen LogP contribution in [0.5, 0.6) is 28.7 Å². The lowest BCUT2D eigenvalue weighted by molar-refractivity contribution is 0.293. The number of hydrogen-bond acceptors (Lipinski definition) is 5. The topological polar surface area (TPSA) is 57.2 Å². The van der Waals surface area contributed by atoms with Crippen LogP contribution in [-0.4, -0.2) is 33.5 Å². The van der Waals surface area contributed by atoms with Crippen LogP contribution >= 0.6 is 0 Å². The van der Waals surface area contributed by atoms with Crippen molar-refractivity contribution in [2.24, 2.45) is 0 Å². The van der Waals surface area contributed by atoms with Gasteiger partial charge in [-0.2, -0.15) is 0 Å². The van der Waals surface area contributed by atoms with Gasteiger partial charge in [-0.1, -0.05) is 42.5 Å². The SMILES string of the molecule is COc1c(O)c(C=CCc2ccccc2)c(OC)c(OC)c1OC. The first-order chi connectivity index (χ1) is 11.7. The molecule has 0 fully saturated rings. The third-order valence-electron chi connectivity index (χ3n) is 3.63. The smallest absolute Gasteiger partial charge is 0.211 e. The van der Waals surface area contributed by atoms with E-state index in [0.29, 0.717) is 17.1 Å². The van der Waals surface area contributed by atoms with Gasteiger partial charge in [0.15, 0.2) is 11.5 Å². The molecule has 0 bridgehead atoms. The minimum absolute atomic E-state index is 0.0590. The van der Waals surface area contributed by atoms with Crippen LogP contribution in [0, 0.1) is 0 Å². The van der Waals surface area contributed by atoms with Crippen molar-refractivity contribution in [3.63, 3.8) is 0 Å². The predicted molar refractivity (Wildman–Crippen MR) is 93.5 cm³/mol. The first-order valence-corrected chi connectivity index (χ1v) is 7.47. The molecule has 2 aromatic rings. The Morgan fingerprint density at radius 3 is 1.88 bits per heavy atom. The monoisotopic (exact) mass is 330 g/mol. The summed E-state index contributed by atoms with van der Waals surface area (Å²) in [5, 5.41) is 10.5. The number of allylic oxidation sites excluding steroid dienone is 1. The second-order valence-corrected chi connectivity index (χ2v) is 4.99. The summed E-state index contributed by atoms with van der Waals surface area (Å²) in [5.74, 6) is 1.19. The highest BCUT2D eigenvalue weighted by molar-refractivity contribution is 5.77. The number of phenols is 1. The molecule has 0 amide bonds. The number of ether oxygens (including phenoxy) is 4. The van der Waals surface area contributed by atoms with Gasteiger partial charge in [0, 0.05) is 0 Å². The summed E-state index contributed by atoms with van der Waals surface area (Å²) in [4.78, 5) is 0. The molecule has 24 heavy (non-hydrogen) atoms. The highest BCUT2D eigenvalue weighted by atomic mass is 16.5. The van der Waals surface area contributed by atoms with Gasteiger partial charge in [-0.25, -0.2) is 0 Å². The number of aromatic hydroxyl groups is 1. The molecule has 128 valence electrons. The molecule has 0 aromatic heterocycles. The number of phenolic OH excluding ortho intramolecular Hbond substituents is 1. The summed E-state index contributed by atoms with van der Waals surface area (Å²) < 4.78 is 21.4. The number of methoxy groups -OCH3 is 4. The average molecular weight is 330 g/mol. The van der Waals surface area contributed by atoms with E-state index >= 15 is 0 Å². The average Bonchev–Trinajstić information content (AvgIpc) is 2.62. The Morgan fingerprint density at radius 1 is 0.792 bits per heavy atom. The summed E-state index contributed by atoms with van der Waals surface area (Å²) in [6, 6.07) is 10.0. The lowest BCUT2D eigenvalue weighted by Gasteiger charge is -2.19. The van der Waals surface area contributed by atoms with E-state index < -0.39 is 0 Å². The molecule has 2 rings (SSSR count). The van der Waals surface area contributed by atoms with Crippen molar-refractivity contribution in [1.29, 1.82) is 0 Å². The molecule has 0 aliphatic rings. The zero-order valence-corrected chi connectivity index (χ0v) is 14.3. The molecule has 0 aliphatic carbocycles. The third-order valence-corrected chi connectivity index (χ3v) is 3.63. The molecule has 0 atom stereocenters. The standard InChI is InChI=1S/C19H22O5/c1-21-16-14(12-8-11-13-9-6-5-7-10-13)15(20)17(22-2)19(24-4)18(16)23-3/h5-10,12,20H,11H2,1-4H3. The van der Waals surface area contributed by atoms with E-state index in [9.17, 15) is 5.11 Å². The highest BCUT2D eigenvalue weighted by Crippen LogP contribution is 2.53. The zero-order valence-electron chi connectivity index (χ0n) is 14.3. The third kappa shape index (κ3) is 3.40. The molecule has 0 radical (unpaired) electrons. The Balaban J connectivity index is 2.48. The molecule has 0 saturated carbocycles. The van der Waals surface area contributed by atoms with Crippen molar-refractivity contribution in [3.8, 4) is 28.7 Å². The summed E-state index contributed by atoms with van der Waals surface area (Å²) in [5.41, 5.74) is 1.64. The molecule has 0 spiro atoms. The first-order valence-electron chi connectivity index (χ1n) is 7.47. The van der Waals surface area contributed by atoms with E-state index in [1.54, 1.807) is 6.08 Å². The molecule has 0 saturated heterocycles. The lowest BCUT2D eigenvalue weighted by Crippen LogP contribution is -2.00. The zero-order chi connectivity index (χ0) is 17.5. The van der Waals surface area contributed by atoms with Gasteiger partial charge >= 0.3 is 0 Å². The van der Waals surface area contributed by atoms with Gasteiger partial charge in [0.25, 0.3) is 0 Å². The van der Waals surface area contributed by atoms with Gasteiger partial charge < -0.3 is 24.1 Å². The van der Waals surface area contributed by atoms with Gasteiger partial charge in [-0.05, 0) is 12.0 Å². The number of hydrogen-bond donors (Lipinski definition) is 1. The van der Waals surface area contributed by atoms with E-state index in [2.05, 4.69) is 0 Å². The van der Waals surface area contributed by atoms with Gasteiger partial charge in [0.2, 0.25) is 17.2 Å². The molecule has 0 heterocycles. The van der Waals surface area contributed by atoms with E-state index in [-0.39, 0.29) is 17.2 Å². The van der Waals surface area contributed by atoms with E-state index in [1.165, 1.54) is 34.0 Å². The van der Waals surface area contributed by atoms with Crippen LogP contribution in [0.15, 0.2) is 36.4 Å². The normalized spacial score (nSPS) is 10.7. The van der Waals surface area contributed by atoms with Crippen LogP contribution in [0.2, 0.25) is 0 Å². The first kappa shape index (κ1) is 17.5. The Labute approximate surface area is 142 Å². The summed E-state index contributed by atoms with van der Waals surface area (Å²) >= 11 is 0. The van der Waals surface area contributed by atoms with Gasteiger partial charge in [0.05, 0.1) is 34.0 Å². The minimum Gasteiger partial charge on any atom is -0.504 e. The van der Waals surface area contributed by atoms with Crippen LogP contribution in [0.4, 0.5) is 0 Å². The summed E-state index contributed by atoms with van der Waals surface area (Å²) in [7, 11) is 5.96. The summed E-state index contributed by atoms with van der Waals surface area (Å²) in [6.45, 7) is 0. The van der Waals surface area contributed by atoms with Gasteiger partial charge in [0.1, 0.15) is 0 Å². The van der Waals surface area contributed by atoms with E-state index in [1.807, 2.05) is 36.4 Å². The van der Waals surface area contributed by atoms with Crippen LogP contribution in [0.25, 0.3) is 6.08 Å². The Bertz CT molecular complexity index is 708. The Kier molecular flexibility index (Phi) is 5.95. The quantitative estimate of drug-likeness (QED) is 0.839. The Morgan fingerprint density at radius 2 is 1.33 bits per heavy atom. The second-order valence-electron chi connectivity index (χ2n) is 4.99. The van der Waals surface area contributed by atoms with Crippen molar-refractivity contribution >= 4 is 6.08 Å². The van der Waals surface area contributed by atoms with Crippen molar-refractivity contribution in [1.82, 2.24) is 0 Å². The molecule has 2 aromatic carbocycles. The Hall–Kier alpha value is -2.82. The van der Waals surface area contributed by atoms with Gasteiger partial charge in [-0.3, -0.25) is 0 Å². The fourth-order valence-corrected chi connectivity index (χ4v) is 2.51. The molecule has 0 aliphatic heterocycles.